The number of Topliss-reactive ketones (excluding diaryl/α,β-unsaturated/α-hetero) is 1. The van der Waals surface area contributed by atoms with Gasteiger partial charge in [0.1, 0.15) is 17.3 Å². The van der Waals surface area contributed by atoms with Crippen LogP contribution in [0.25, 0.3) is 16.7 Å². The lowest BCUT2D eigenvalue weighted by Crippen LogP contribution is -2.29. The van der Waals surface area contributed by atoms with Crippen LogP contribution in [0.2, 0.25) is 5.02 Å². The van der Waals surface area contributed by atoms with Gasteiger partial charge in [0.15, 0.2) is 0 Å². The van der Waals surface area contributed by atoms with Gasteiger partial charge in [0.25, 0.3) is 11.7 Å². The minimum atomic E-state index is -1.00. The summed E-state index contributed by atoms with van der Waals surface area (Å²) in [4.78, 5) is 31.4. The van der Waals surface area contributed by atoms with Crippen LogP contribution in [0.1, 0.15) is 22.9 Å². The molecule has 1 atom stereocenters. The number of nitrogens with one attached hydrogen (secondary N) is 1. The quantitative estimate of drug-likeness (QED) is 0.212. The van der Waals surface area contributed by atoms with E-state index < -0.39 is 29.3 Å². The fourth-order valence-electron chi connectivity index (χ4n) is 4.66. The molecule has 35 heavy (non-hydrogen) atoms. The van der Waals surface area contributed by atoms with E-state index in [2.05, 4.69) is 4.98 Å². The molecule has 4 aromatic rings. The van der Waals surface area contributed by atoms with Crippen LogP contribution in [0, 0.1) is 12.7 Å². The summed E-state index contributed by atoms with van der Waals surface area (Å²) in [7, 11) is 1.37. The van der Waals surface area contributed by atoms with Crippen LogP contribution in [0.15, 0.2) is 72.3 Å². The van der Waals surface area contributed by atoms with Gasteiger partial charge in [-0.1, -0.05) is 35.9 Å². The number of benzene rings is 3. The normalized spacial score (nSPS) is 17.4. The molecule has 0 radical (unpaired) electrons. The highest BCUT2D eigenvalue weighted by Gasteiger charge is 2.48. The first-order valence-corrected chi connectivity index (χ1v) is 11.2. The second-order valence-electron chi connectivity index (χ2n) is 8.20. The number of ether oxygens (including phenoxy) is 1. The van der Waals surface area contributed by atoms with E-state index in [0.29, 0.717) is 22.0 Å². The van der Waals surface area contributed by atoms with Gasteiger partial charge in [-0.25, -0.2) is 4.39 Å². The van der Waals surface area contributed by atoms with Crippen molar-refractivity contribution in [3.63, 3.8) is 0 Å². The predicted octanol–water partition coefficient (Wildman–Crippen LogP) is 5.90. The van der Waals surface area contributed by atoms with Gasteiger partial charge < -0.3 is 14.8 Å². The fourth-order valence-corrected chi connectivity index (χ4v) is 4.84. The van der Waals surface area contributed by atoms with Crippen molar-refractivity contribution in [2.75, 3.05) is 12.0 Å². The summed E-state index contributed by atoms with van der Waals surface area (Å²) in [6.45, 7) is 1.83. The number of rotatable bonds is 4. The van der Waals surface area contributed by atoms with Gasteiger partial charge in [0.05, 0.1) is 24.3 Å². The summed E-state index contributed by atoms with van der Waals surface area (Å²) in [5, 5.41) is 12.6. The van der Waals surface area contributed by atoms with Gasteiger partial charge in [-0.3, -0.25) is 14.5 Å². The Kier molecular flexibility index (Phi) is 5.57. The lowest BCUT2D eigenvalue weighted by molar-refractivity contribution is -0.132. The number of methoxy groups -OCH3 is 1. The van der Waals surface area contributed by atoms with Gasteiger partial charge in [0.2, 0.25) is 0 Å². The van der Waals surface area contributed by atoms with E-state index in [1.165, 1.54) is 24.1 Å². The lowest BCUT2D eigenvalue weighted by atomic mass is 9.93. The summed E-state index contributed by atoms with van der Waals surface area (Å²) < 4.78 is 19.5. The molecule has 1 aliphatic heterocycles. The third-order valence-corrected chi connectivity index (χ3v) is 6.40. The Morgan fingerprint density at radius 1 is 1.09 bits per heavy atom. The number of fused-ring (bicyclic) bond motifs is 1. The summed E-state index contributed by atoms with van der Waals surface area (Å²) >= 11 is 6.21. The smallest absolute Gasteiger partial charge is 0.300 e. The number of hydrogen-bond acceptors (Lipinski definition) is 4. The Morgan fingerprint density at radius 2 is 1.86 bits per heavy atom. The van der Waals surface area contributed by atoms with Crippen molar-refractivity contribution < 1.29 is 23.8 Å². The monoisotopic (exact) mass is 490 g/mol. The first-order chi connectivity index (χ1) is 16.8. The van der Waals surface area contributed by atoms with Crippen LogP contribution < -0.4 is 9.64 Å². The molecule has 0 spiro atoms. The second kappa shape index (κ2) is 8.60. The Morgan fingerprint density at radius 3 is 2.60 bits per heavy atom. The average Bonchev–Trinajstić information content (AvgIpc) is 3.30. The number of carbonyl (C=O) groups is 2. The Balaban J connectivity index is 1.85. The molecule has 0 aliphatic carbocycles. The third-order valence-electron chi connectivity index (χ3n) is 6.16. The number of nitrogens with zero attached hydrogens (tertiary/aromatic N) is 1. The van der Waals surface area contributed by atoms with Gasteiger partial charge in [-0.05, 0) is 49.4 Å². The standard InChI is InChI=1S/C27H20ClFN2O4/c1-14-22(18-8-3-4-9-20(18)30-14)24-23(25(32)19-13-16(29)10-11-21(19)35-2)26(33)27(34)31(24)17-7-5-6-15(28)12-17/h3-13,24,30,32H,1-2H3/b25-23+. The molecule has 1 aliphatic rings. The molecule has 1 amide bonds. The van der Waals surface area contributed by atoms with Crippen molar-refractivity contribution in [3.8, 4) is 5.75 Å². The first kappa shape index (κ1) is 22.7. The summed E-state index contributed by atoms with van der Waals surface area (Å²) in [6.07, 6.45) is 0. The molecule has 0 saturated carbocycles. The number of carbonyl (C=O) groups excluding carboxylic acids is 2. The summed E-state index contributed by atoms with van der Waals surface area (Å²) in [5.41, 5.74) is 2.34. The number of aromatic amines is 1. The number of para-hydroxylation sites is 1. The Bertz CT molecular complexity index is 1540. The molecule has 5 rings (SSSR count). The van der Waals surface area contributed by atoms with E-state index in [-0.39, 0.29) is 16.9 Å². The maximum atomic E-state index is 14.2. The van der Waals surface area contributed by atoms with Crippen molar-refractivity contribution >= 4 is 45.6 Å². The second-order valence-corrected chi connectivity index (χ2v) is 8.64. The highest BCUT2D eigenvalue weighted by molar-refractivity contribution is 6.52. The highest BCUT2D eigenvalue weighted by Crippen LogP contribution is 2.46. The van der Waals surface area contributed by atoms with Crippen molar-refractivity contribution in [2.45, 2.75) is 13.0 Å². The van der Waals surface area contributed by atoms with Crippen LogP contribution in [-0.2, 0) is 9.59 Å². The zero-order valence-electron chi connectivity index (χ0n) is 18.8. The van der Waals surface area contributed by atoms with Crippen LogP contribution in [0.3, 0.4) is 0 Å². The van der Waals surface area contributed by atoms with E-state index in [1.54, 1.807) is 24.3 Å². The van der Waals surface area contributed by atoms with Crippen molar-refractivity contribution in [2.24, 2.45) is 0 Å². The topological polar surface area (TPSA) is 82.6 Å². The molecule has 6 nitrogen and oxygen atoms in total. The van der Waals surface area contributed by atoms with Gasteiger partial charge in [0, 0.05) is 32.9 Å². The van der Waals surface area contributed by atoms with Crippen LogP contribution in [-0.4, -0.2) is 28.9 Å². The predicted molar refractivity (Wildman–Crippen MR) is 132 cm³/mol. The number of halogens is 2. The van der Waals surface area contributed by atoms with Gasteiger partial charge in [-0.15, -0.1) is 0 Å². The minimum Gasteiger partial charge on any atom is -0.507 e. The number of aryl methyl sites for hydroxylation is 1. The number of hydrogen-bond donors (Lipinski definition) is 2. The van der Waals surface area contributed by atoms with E-state index in [0.717, 1.165) is 17.0 Å². The number of aromatic nitrogens is 1. The van der Waals surface area contributed by atoms with Crippen molar-refractivity contribution in [1.29, 1.82) is 0 Å². The minimum absolute atomic E-state index is 0.0286. The molecule has 176 valence electrons. The molecular formula is C27H20ClFN2O4. The van der Waals surface area contributed by atoms with Crippen LogP contribution in [0.5, 0.6) is 5.75 Å². The van der Waals surface area contributed by atoms with Gasteiger partial charge >= 0.3 is 0 Å². The molecule has 8 heteroatoms. The molecule has 2 heterocycles. The number of ketones is 1. The molecule has 1 aromatic heterocycles. The molecule has 1 saturated heterocycles. The molecule has 1 unspecified atom stereocenters. The van der Waals surface area contributed by atoms with Crippen LogP contribution in [0.4, 0.5) is 10.1 Å². The summed E-state index contributed by atoms with van der Waals surface area (Å²) in [5.74, 6) is -2.73. The Hall–Kier alpha value is -4.10. The molecule has 1 fully saturated rings. The van der Waals surface area contributed by atoms with E-state index in [9.17, 15) is 19.1 Å². The number of H-pyrrole nitrogens is 1. The zero-order valence-corrected chi connectivity index (χ0v) is 19.6. The molecule has 0 bridgehead atoms. The number of aliphatic hydroxyl groups excluding tert-OH is 1. The molecule has 2 N–H and O–H groups in total. The largest absolute Gasteiger partial charge is 0.507 e. The maximum absolute atomic E-state index is 14.2. The third kappa shape index (κ3) is 3.65. The average molecular weight is 491 g/mol. The molecular weight excluding hydrogens is 471 g/mol. The van der Waals surface area contributed by atoms with Crippen molar-refractivity contribution in [1.82, 2.24) is 4.98 Å². The number of amides is 1. The lowest BCUT2D eigenvalue weighted by Gasteiger charge is -2.26. The fraction of sp³-hybridized carbons (Fsp3) is 0.111. The Labute approximate surface area is 205 Å². The maximum Gasteiger partial charge on any atom is 0.300 e. The number of anilines is 1. The van der Waals surface area contributed by atoms with E-state index >= 15 is 0 Å². The van der Waals surface area contributed by atoms with Crippen molar-refractivity contribution in [3.05, 3.63) is 100.0 Å². The summed E-state index contributed by atoms with van der Waals surface area (Å²) in [6, 6.07) is 16.6. The van der Waals surface area contributed by atoms with Gasteiger partial charge in [-0.2, -0.15) is 0 Å². The zero-order chi connectivity index (χ0) is 24.9. The van der Waals surface area contributed by atoms with E-state index in [1.807, 2.05) is 31.2 Å². The molecule has 3 aromatic carbocycles. The highest BCUT2D eigenvalue weighted by atomic mass is 35.5. The van der Waals surface area contributed by atoms with E-state index in [4.69, 9.17) is 16.3 Å². The number of aliphatic hydroxyl groups is 1. The van der Waals surface area contributed by atoms with Crippen LogP contribution >= 0.6 is 11.6 Å². The SMILES string of the molecule is COc1ccc(F)cc1/C(O)=C1\C(=O)C(=O)N(c2cccc(Cl)c2)C1c1c(C)[nH]c2ccccc12. The first-order valence-electron chi connectivity index (χ1n) is 10.8.